The Hall–Kier alpha value is -2.34. The van der Waals surface area contributed by atoms with E-state index in [4.69, 9.17) is 5.73 Å². The fraction of sp³-hybridized carbons (Fsp3) is 0.167. The molecule has 0 unspecified atom stereocenters. The molecule has 0 aliphatic rings. The van der Waals surface area contributed by atoms with Gasteiger partial charge >= 0.3 is 0 Å². The molecule has 0 atom stereocenters. The molecule has 0 radical (unpaired) electrons. The van der Waals surface area contributed by atoms with Crippen LogP contribution in [0.25, 0.3) is 16.7 Å². The van der Waals surface area contributed by atoms with Crippen LogP contribution in [0.2, 0.25) is 0 Å². The number of nitrogens with zero attached hydrogens (tertiary/aromatic N) is 4. The number of nitrogen functional groups attached to an aromatic ring is 1. The predicted octanol–water partition coefficient (Wildman–Crippen LogP) is 0.833. The minimum atomic E-state index is -0.135. The van der Waals surface area contributed by atoms with Crippen molar-refractivity contribution < 1.29 is 5.11 Å². The summed E-state index contributed by atoms with van der Waals surface area (Å²) in [5, 5.41) is 13.5. The van der Waals surface area contributed by atoms with Crippen LogP contribution in [0.5, 0.6) is 0 Å². The zero-order valence-corrected chi connectivity index (χ0v) is 9.91. The molecule has 6 nitrogen and oxygen atoms in total. The highest BCUT2D eigenvalue weighted by Gasteiger charge is 2.12. The number of aromatic nitrogens is 4. The van der Waals surface area contributed by atoms with Gasteiger partial charge < -0.3 is 10.8 Å². The summed E-state index contributed by atoms with van der Waals surface area (Å²) in [7, 11) is 1.85. The third kappa shape index (κ3) is 1.54. The lowest BCUT2D eigenvalue weighted by Gasteiger charge is -2.04. The van der Waals surface area contributed by atoms with Crippen molar-refractivity contribution in [1.29, 1.82) is 0 Å². The van der Waals surface area contributed by atoms with Gasteiger partial charge in [-0.1, -0.05) is 0 Å². The number of aliphatic hydroxyl groups is 1. The van der Waals surface area contributed by atoms with E-state index in [9.17, 15) is 5.11 Å². The largest absolute Gasteiger partial charge is 0.399 e. The van der Waals surface area contributed by atoms with Gasteiger partial charge in [-0.25, -0.2) is 4.98 Å². The summed E-state index contributed by atoms with van der Waals surface area (Å²) in [5.74, 6) is 0.573. The molecule has 0 aliphatic heterocycles. The number of nitrogens with two attached hydrogens (primary N) is 1. The molecule has 6 heteroatoms. The molecule has 0 bridgehead atoms. The van der Waals surface area contributed by atoms with Gasteiger partial charge in [0.25, 0.3) is 0 Å². The number of imidazole rings is 1. The molecule has 3 aromatic rings. The van der Waals surface area contributed by atoms with Gasteiger partial charge in [-0.3, -0.25) is 9.25 Å². The van der Waals surface area contributed by atoms with E-state index in [-0.39, 0.29) is 6.61 Å². The van der Waals surface area contributed by atoms with Crippen molar-refractivity contribution >= 4 is 16.7 Å². The number of aliphatic hydroxyl groups excluding tert-OH is 1. The molecule has 0 amide bonds. The SMILES string of the molecule is Cn1cc(-n2c(CO)nc3cc(N)ccc32)cn1. The monoisotopic (exact) mass is 243 g/mol. The molecule has 0 aliphatic carbocycles. The summed E-state index contributed by atoms with van der Waals surface area (Å²) in [6.45, 7) is -0.135. The molecule has 2 heterocycles. The molecule has 0 saturated carbocycles. The van der Waals surface area contributed by atoms with Gasteiger partial charge in [0.2, 0.25) is 0 Å². The summed E-state index contributed by atoms with van der Waals surface area (Å²) >= 11 is 0. The maximum absolute atomic E-state index is 9.42. The number of rotatable bonds is 2. The minimum Gasteiger partial charge on any atom is -0.399 e. The summed E-state index contributed by atoms with van der Waals surface area (Å²) in [4.78, 5) is 4.37. The molecule has 1 aromatic carbocycles. The molecule has 18 heavy (non-hydrogen) atoms. The van der Waals surface area contributed by atoms with Gasteiger partial charge in [0, 0.05) is 18.9 Å². The van der Waals surface area contributed by atoms with Crippen LogP contribution in [-0.2, 0) is 13.7 Å². The van der Waals surface area contributed by atoms with Gasteiger partial charge in [0.1, 0.15) is 12.4 Å². The number of hydrogen-bond acceptors (Lipinski definition) is 4. The molecular weight excluding hydrogens is 230 g/mol. The Bertz CT molecular complexity index is 712. The van der Waals surface area contributed by atoms with Gasteiger partial charge in [0.05, 0.1) is 22.9 Å². The number of anilines is 1. The Morgan fingerprint density at radius 3 is 2.89 bits per heavy atom. The second-order valence-corrected chi connectivity index (χ2v) is 4.14. The van der Waals surface area contributed by atoms with E-state index in [0.717, 1.165) is 16.7 Å². The van der Waals surface area contributed by atoms with E-state index < -0.39 is 0 Å². The number of benzene rings is 1. The highest BCUT2D eigenvalue weighted by atomic mass is 16.3. The molecule has 2 aromatic heterocycles. The molecule has 0 spiro atoms. The number of fused-ring (bicyclic) bond motifs is 1. The van der Waals surface area contributed by atoms with Crippen LogP contribution in [0.3, 0.4) is 0 Å². The second kappa shape index (κ2) is 3.85. The molecule has 92 valence electrons. The summed E-state index contributed by atoms with van der Waals surface area (Å²) in [5.41, 5.74) is 8.93. The lowest BCUT2D eigenvalue weighted by molar-refractivity contribution is 0.270. The van der Waals surface area contributed by atoms with Crippen molar-refractivity contribution in [3.05, 3.63) is 36.4 Å². The third-order valence-electron chi connectivity index (χ3n) is 2.84. The Morgan fingerprint density at radius 1 is 1.39 bits per heavy atom. The summed E-state index contributed by atoms with van der Waals surface area (Å²) < 4.78 is 3.58. The predicted molar refractivity (Wildman–Crippen MR) is 68.2 cm³/mol. The first-order chi connectivity index (χ1) is 8.69. The van der Waals surface area contributed by atoms with Crippen LogP contribution in [0.4, 0.5) is 5.69 Å². The van der Waals surface area contributed by atoms with Crippen molar-refractivity contribution in [3.63, 3.8) is 0 Å². The fourth-order valence-corrected chi connectivity index (χ4v) is 2.07. The average molecular weight is 243 g/mol. The lowest BCUT2D eigenvalue weighted by atomic mass is 10.3. The van der Waals surface area contributed by atoms with Gasteiger partial charge in [-0.15, -0.1) is 0 Å². The lowest BCUT2D eigenvalue weighted by Crippen LogP contribution is -2.00. The van der Waals surface area contributed by atoms with E-state index in [0.29, 0.717) is 11.5 Å². The van der Waals surface area contributed by atoms with E-state index in [1.165, 1.54) is 0 Å². The van der Waals surface area contributed by atoms with Crippen molar-refractivity contribution in [2.45, 2.75) is 6.61 Å². The maximum atomic E-state index is 9.42. The first-order valence-electron chi connectivity index (χ1n) is 5.56. The normalized spacial score (nSPS) is 11.2. The quantitative estimate of drug-likeness (QED) is 0.653. The highest BCUT2D eigenvalue weighted by Crippen LogP contribution is 2.23. The van der Waals surface area contributed by atoms with Crippen molar-refractivity contribution in [2.75, 3.05) is 5.73 Å². The van der Waals surface area contributed by atoms with Gasteiger partial charge in [-0.2, -0.15) is 5.10 Å². The van der Waals surface area contributed by atoms with E-state index in [1.807, 2.05) is 29.9 Å². The second-order valence-electron chi connectivity index (χ2n) is 4.14. The molecule has 3 N–H and O–H groups in total. The molecule has 3 rings (SSSR count). The molecule has 0 saturated heterocycles. The van der Waals surface area contributed by atoms with Crippen LogP contribution >= 0.6 is 0 Å². The van der Waals surface area contributed by atoms with Crippen LogP contribution in [0.15, 0.2) is 30.6 Å². The van der Waals surface area contributed by atoms with Crippen LogP contribution < -0.4 is 5.73 Å². The van der Waals surface area contributed by atoms with Crippen molar-refractivity contribution in [1.82, 2.24) is 19.3 Å². The van der Waals surface area contributed by atoms with E-state index >= 15 is 0 Å². The van der Waals surface area contributed by atoms with E-state index in [2.05, 4.69) is 10.1 Å². The summed E-state index contributed by atoms with van der Waals surface area (Å²) in [6.07, 6.45) is 3.60. The molecular formula is C12H13N5O. The highest BCUT2D eigenvalue weighted by molar-refractivity contribution is 5.81. The van der Waals surface area contributed by atoms with Crippen LogP contribution in [0, 0.1) is 0 Å². The Labute approximate surface area is 103 Å². The topological polar surface area (TPSA) is 81.9 Å². The zero-order chi connectivity index (χ0) is 12.7. The Kier molecular flexibility index (Phi) is 2.31. The zero-order valence-electron chi connectivity index (χ0n) is 9.91. The number of hydrogen-bond donors (Lipinski definition) is 2. The number of aryl methyl sites for hydroxylation is 1. The van der Waals surface area contributed by atoms with Crippen LogP contribution in [0.1, 0.15) is 5.82 Å². The minimum absolute atomic E-state index is 0.135. The Morgan fingerprint density at radius 2 is 2.22 bits per heavy atom. The average Bonchev–Trinajstić information content (AvgIpc) is 2.91. The Balaban J connectivity index is 2.32. The fourth-order valence-electron chi connectivity index (χ4n) is 2.07. The smallest absolute Gasteiger partial charge is 0.140 e. The first-order valence-corrected chi connectivity index (χ1v) is 5.56. The van der Waals surface area contributed by atoms with Gasteiger partial charge in [0.15, 0.2) is 0 Å². The molecule has 0 fully saturated rings. The van der Waals surface area contributed by atoms with Crippen LogP contribution in [-0.4, -0.2) is 24.4 Å². The third-order valence-corrected chi connectivity index (χ3v) is 2.84. The van der Waals surface area contributed by atoms with Crippen molar-refractivity contribution in [3.8, 4) is 5.69 Å². The standard InChI is InChI=1S/C12H13N5O/c1-16-6-9(5-14-16)17-11-3-2-8(13)4-10(11)15-12(17)7-18/h2-6,18H,7,13H2,1H3. The summed E-state index contributed by atoms with van der Waals surface area (Å²) in [6, 6.07) is 5.50. The maximum Gasteiger partial charge on any atom is 0.140 e. The van der Waals surface area contributed by atoms with E-state index in [1.54, 1.807) is 16.9 Å². The first kappa shape index (κ1) is 10.8. The van der Waals surface area contributed by atoms with Crippen molar-refractivity contribution in [2.24, 2.45) is 7.05 Å². The van der Waals surface area contributed by atoms with Gasteiger partial charge in [-0.05, 0) is 18.2 Å².